The summed E-state index contributed by atoms with van der Waals surface area (Å²) in [6, 6.07) is 7.21. The molecule has 1 saturated heterocycles. The molecule has 0 spiro atoms. The van der Waals surface area contributed by atoms with Crippen LogP contribution in [-0.4, -0.2) is 55.8 Å². The van der Waals surface area contributed by atoms with Crippen molar-refractivity contribution in [3.8, 4) is 5.75 Å². The molecule has 1 aromatic carbocycles. The number of ether oxygens (including phenoxy) is 1. The van der Waals surface area contributed by atoms with Crippen molar-refractivity contribution in [2.45, 2.75) is 45.6 Å². The highest BCUT2D eigenvalue weighted by Crippen LogP contribution is 2.31. The number of carbonyl (C=O) groups excluding carboxylic acids is 2. The van der Waals surface area contributed by atoms with Crippen molar-refractivity contribution in [1.29, 1.82) is 0 Å². The Balaban J connectivity index is 1.36. The summed E-state index contributed by atoms with van der Waals surface area (Å²) in [4.78, 5) is 44.1. The topological polar surface area (TPSA) is 122 Å². The first-order valence-electron chi connectivity index (χ1n) is 11.2. The van der Waals surface area contributed by atoms with Crippen LogP contribution in [0.1, 0.15) is 64.2 Å². The van der Waals surface area contributed by atoms with E-state index >= 15 is 0 Å². The van der Waals surface area contributed by atoms with Gasteiger partial charge in [-0.15, -0.1) is 11.3 Å². The quantitative estimate of drug-likeness (QED) is 0.484. The number of hydrogen-bond donors (Lipinski definition) is 2. The van der Waals surface area contributed by atoms with Gasteiger partial charge >= 0.3 is 0 Å². The van der Waals surface area contributed by atoms with Crippen molar-refractivity contribution in [3.63, 3.8) is 0 Å². The predicted octanol–water partition coefficient (Wildman–Crippen LogP) is 3.26. The van der Waals surface area contributed by atoms with Crippen molar-refractivity contribution in [2.24, 2.45) is 0 Å². The smallest absolute Gasteiger partial charge is 0.295 e. The predicted molar refractivity (Wildman–Crippen MR) is 134 cm³/mol. The van der Waals surface area contributed by atoms with Crippen LogP contribution < -0.4 is 15.7 Å². The third-order valence-electron chi connectivity index (χ3n) is 5.61. The van der Waals surface area contributed by atoms with Crippen molar-refractivity contribution in [3.05, 3.63) is 66.7 Å². The average Bonchev–Trinajstić information content (AvgIpc) is 3.34. The molecule has 184 valence electrons. The largest absolute Gasteiger partial charge is 0.491 e. The molecule has 3 heterocycles. The van der Waals surface area contributed by atoms with E-state index in [1.54, 1.807) is 17.5 Å². The summed E-state index contributed by atoms with van der Waals surface area (Å²) >= 11 is 6.44. The van der Waals surface area contributed by atoms with Gasteiger partial charge in [0.05, 0.1) is 11.1 Å². The number of amides is 2. The Morgan fingerprint density at radius 1 is 1.23 bits per heavy atom. The molecule has 0 atom stereocenters. The fourth-order valence-electron chi connectivity index (χ4n) is 3.78. The molecule has 0 saturated carbocycles. The Morgan fingerprint density at radius 2 is 1.91 bits per heavy atom. The molecule has 2 amide bonds. The molecule has 1 fully saturated rings. The summed E-state index contributed by atoms with van der Waals surface area (Å²) in [5, 5.41) is 8.79. The number of hydrogen-bond acceptors (Lipinski definition) is 8. The standard InChI is InChI=1S/C23H26N6O4S2/c1-13(2)33-17-6-4-16(5-7-17)22(32)28-10-8-15(9-11-28)20-24-18(12-35-20)19(30)27-29-21(31)14(3)25-26-23(29)34/h4-7,12-13,15H,8-11H2,1-3H3,(H,26,34)(H,27,30). The minimum Gasteiger partial charge on any atom is -0.491 e. The lowest BCUT2D eigenvalue weighted by Gasteiger charge is -2.31. The number of piperidine rings is 1. The SMILES string of the molecule is Cc1n[nH]c(=S)n(NC(=O)c2csc(C3CCN(C(=O)c4ccc(OC(C)C)cc4)CC3)n2)c1=O. The Labute approximate surface area is 210 Å². The summed E-state index contributed by atoms with van der Waals surface area (Å²) in [5.74, 6) is 0.358. The van der Waals surface area contributed by atoms with E-state index < -0.39 is 11.5 Å². The summed E-state index contributed by atoms with van der Waals surface area (Å²) in [7, 11) is 0. The average molecular weight is 515 g/mol. The summed E-state index contributed by atoms with van der Waals surface area (Å²) in [6.45, 7) is 6.65. The van der Waals surface area contributed by atoms with Crippen LogP contribution in [0.4, 0.5) is 0 Å². The van der Waals surface area contributed by atoms with Gasteiger partial charge in [0.25, 0.3) is 17.4 Å². The van der Waals surface area contributed by atoms with E-state index in [4.69, 9.17) is 17.0 Å². The fourth-order valence-corrected chi connectivity index (χ4v) is 4.93. The number of rotatable bonds is 6. The molecule has 0 radical (unpaired) electrons. The van der Waals surface area contributed by atoms with E-state index in [1.165, 1.54) is 18.3 Å². The van der Waals surface area contributed by atoms with Crippen LogP contribution in [0, 0.1) is 11.7 Å². The highest BCUT2D eigenvalue weighted by molar-refractivity contribution is 7.71. The number of likely N-dealkylation sites (tertiary alicyclic amines) is 1. The monoisotopic (exact) mass is 514 g/mol. The maximum absolute atomic E-state index is 12.9. The van der Waals surface area contributed by atoms with Gasteiger partial charge in [0.1, 0.15) is 17.1 Å². The Hall–Kier alpha value is -3.38. The number of aromatic amines is 1. The number of thiazole rings is 1. The van der Waals surface area contributed by atoms with Gasteiger partial charge in [-0.05, 0) is 70.1 Å². The molecule has 4 rings (SSSR count). The molecule has 1 aliphatic rings. The molecule has 1 aliphatic heterocycles. The van der Waals surface area contributed by atoms with Gasteiger partial charge in [0.2, 0.25) is 4.77 Å². The van der Waals surface area contributed by atoms with Gasteiger partial charge in [0, 0.05) is 30.0 Å². The normalized spacial score (nSPS) is 14.2. The third kappa shape index (κ3) is 5.65. The summed E-state index contributed by atoms with van der Waals surface area (Å²) < 4.78 is 6.58. The fraction of sp³-hybridized carbons (Fsp3) is 0.391. The van der Waals surface area contributed by atoms with Crippen LogP contribution in [0.25, 0.3) is 0 Å². The minimum atomic E-state index is -0.530. The first kappa shape index (κ1) is 24.7. The lowest BCUT2D eigenvalue weighted by atomic mass is 9.97. The molecule has 35 heavy (non-hydrogen) atoms. The molecular weight excluding hydrogens is 488 g/mol. The van der Waals surface area contributed by atoms with Crippen LogP contribution >= 0.6 is 23.6 Å². The number of benzene rings is 1. The van der Waals surface area contributed by atoms with Gasteiger partial charge in [0.15, 0.2) is 0 Å². The maximum atomic E-state index is 12.9. The van der Waals surface area contributed by atoms with E-state index in [0.717, 1.165) is 28.3 Å². The first-order valence-corrected chi connectivity index (χ1v) is 12.5. The zero-order valence-corrected chi connectivity index (χ0v) is 21.2. The van der Waals surface area contributed by atoms with Gasteiger partial charge in [-0.1, -0.05) is 0 Å². The van der Waals surface area contributed by atoms with Crippen LogP contribution in [0.5, 0.6) is 5.75 Å². The van der Waals surface area contributed by atoms with Crippen LogP contribution in [-0.2, 0) is 0 Å². The lowest BCUT2D eigenvalue weighted by molar-refractivity contribution is 0.0713. The zero-order valence-electron chi connectivity index (χ0n) is 19.6. The Bertz CT molecular complexity index is 1340. The molecule has 10 nitrogen and oxygen atoms in total. The van der Waals surface area contributed by atoms with Crippen molar-refractivity contribution < 1.29 is 14.3 Å². The van der Waals surface area contributed by atoms with E-state index in [1.807, 2.05) is 30.9 Å². The van der Waals surface area contributed by atoms with E-state index in [2.05, 4.69) is 20.6 Å². The molecule has 2 aromatic heterocycles. The van der Waals surface area contributed by atoms with Gasteiger partial charge < -0.3 is 9.64 Å². The van der Waals surface area contributed by atoms with Gasteiger partial charge in [-0.25, -0.2) is 4.98 Å². The highest BCUT2D eigenvalue weighted by atomic mass is 32.1. The molecule has 0 unspecified atom stereocenters. The Morgan fingerprint density at radius 3 is 2.57 bits per heavy atom. The number of aromatic nitrogens is 4. The molecule has 3 aromatic rings. The third-order valence-corrected chi connectivity index (χ3v) is 6.89. The summed E-state index contributed by atoms with van der Waals surface area (Å²) in [6.07, 6.45) is 1.58. The van der Waals surface area contributed by atoms with Crippen LogP contribution in [0.15, 0.2) is 34.4 Å². The second kappa shape index (κ2) is 10.5. The molecule has 0 bridgehead atoms. The van der Waals surface area contributed by atoms with E-state index in [-0.39, 0.29) is 34.1 Å². The number of nitrogens with one attached hydrogen (secondary N) is 2. The van der Waals surface area contributed by atoms with Crippen molar-refractivity contribution in [2.75, 3.05) is 18.5 Å². The van der Waals surface area contributed by atoms with Crippen molar-refractivity contribution >= 4 is 35.4 Å². The number of carbonyl (C=O) groups is 2. The minimum absolute atomic E-state index is 0.00615. The first-order chi connectivity index (χ1) is 16.7. The van der Waals surface area contributed by atoms with E-state index in [0.29, 0.717) is 18.7 Å². The lowest BCUT2D eigenvalue weighted by Crippen LogP contribution is -2.38. The highest BCUT2D eigenvalue weighted by Gasteiger charge is 2.27. The second-order valence-electron chi connectivity index (χ2n) is 8.52. The van der Waals surface area contributed by atoms with Crippen LogP contribution in [0.2, 0.25) is 0 Å². The molecular formula is C23H26N6O4S2. The summed E-state index contributed by atoms with van der Waals surface area (Å²) in [5.41, 5.74) is 3.00. The maximum Gasteiger partial charge on any atom is 0.295 e. The van der Waals surface area contributed by atoms with Crippen LogP contribution in [0.3, 0.4) is 0 Å². The van der Waals surface area contributed by atoms with E-state index in [9.17, 15) is 14.4 Å². The number of nitrogens with zero attached hydrogens (tertiary/aromatic N) is 4. The van der Waals surface area contributed by atoms with Gasteiger partial charge in [-0.3, -0.25) is 24.9 Å². The number of aryl methyl sites for hydroxylation is 1. The molecule has 2 N–H and O–H groups in total. The number of H-pyrrole nitrogens is 1. The molecule has 12 heteroatoms. The molecule has 0 aliphatic carbocycles. The second-order valence-corrected chi connectivity index (χ2v) is 9.80. The zero-order chi connectivity index (χ0) is 25.1. The Kier molecular flexibility index (Phi) is 7.41. The van der Waals surface area contributed by atoms with Gasteiger partial charge in [-0.2, -0.15) is 9.77 Å². The van der Waals surface area contributed by atoms with Crippen molar-refractivity contribution in [1.82, 2.24) is 24.8 Å².